The second-order valence-corrected chi connectivity index (χ2v) is 4.52. The molecule has 0 aromatic carbocycles. The normalized spacial score (nSPS) is 12.9. The molecule has 0 fully saturated rings. The first kappa shape index (κ1) is 10.4. The van der Waals surface area contributed by atoms with E-state index in [4.69, 9.17) is 0 Å². The van der Waals surface area contributed by atoms with Gasteiger partial charge in [-0.25, -0.2) is 4.98 Å². The van der Waals surface area contributed by atoms with Gasteiger partial charge >= 0.3 is 0 Å². The van der Waals surface area contributed by atoms with E-state index >= 15 is 0 Å². The Kier molecular flexibility index (Phi) is 3.53. The molecule has 2 aromatic rings. The zero-order chi connectivity index (χ0) is 10.5. The Hall–Kier alpha value is -1.13. The minimum absolute atomic E-state index is 0.486. The molecule has 2 aromatic heterocycles. The lowest BCUT2D eigenvalue weighted by Crippen LogP contribution is -2.19. The SMILES string of the molecule is CC(CNCc1ccc[nH]1)c1nccs1. The van der Waals surface area contributed by atoms with Crippen LogP contribution >= 0.6 is 11.3 Å². The smallest absolute Gasteiger partial charge is 0.0965 e. The molecule has 0 aliphatic carbocycles. The molecule has 2 N–H and O–H groups in total. The number of aromatic amines is 1. The van der Waals surface area contributed by atoms with Gasteiger partial charge in [0.05, 0.1) is 5.01 Å². The van der Waals surface area contributed by atoms with E-state index < -0.39 is 0 Å². The van der Waals surface area contributed by atoms with E-state index in [1.54, 1.807) is 11.3 Å². The summed E-state index contributed by atoms with van der Waals surface area (Å²) in [7, 11) is 0. The first-order chi connectivity index (χ1) is 7.36. The van der Waals surface area contributed by atoms with E-state index in [2.05, 4.69) is 28.3 Å². The molecule has 15 heavy (non-hydrogen) atoms. The number of nitrogens with one attached hydrogen (secondary N) is 2. The van der Waals surface area contributed by atoms with Gasteiger partial charge in [0.25, 0.3) is 0 Å². The van der Waals surface area contributed by atoms with E-state index in [1.807, 2.05) is 23.8 Å². The van der Waals surface area contributed by atoms with Crippen LogP contribution in [0.5, 0.6) is 0 Å². The molecule has 1 atom stereocenters. The van der Waals surface area contributed by atoms with E-state index in [9.17, 15) is 0 Å². The maximum Gasteiger partial charge on any atom is 0.0965 e. The molecule has 80 valence electrons. The Morgan fingerprint density at radius 3 is 3.20 bits per heavy atom. The average molecular weight is 221 g/mol. The van der Waals surface area contributed by atoms with Crippen LogP contribution in [0.2, 0.25) is 0 Å². The molecule has 2 heterocycles. The van der Waals surface area contributed by atoms with Crippen LogP contribution < -0.4 is 5.32 Å². The average Bonchev–Trinajstić information content (AvgIpc) is 2.90. The Morgan fingerprint density at radius 1 is 1.60 bits per heavy atom. The fraction of sp³-hybridized carbons (Fsp3) is 0.364. The maximum absolute atomic E-state index is 4.30. The van der Waals surface area contributed by atoms with Gasteiger partial charge < -0.3 is 10.3 Å². The number of hydrogen-bond donors (Lipinski definition) is 2. The lowest BCUT2D eigenvalue weighted by atomic mass is 10.2. The molecule has 1 unspecified atom stereocenters. The summed E-state index contributed by atoms with van der Waals surface area (Å²) in [5.41, 5.74) is 1.22. The van der Waals surface area contributed by atoms with Gasteiger partial charge in [0, 0.05) is 42.5 Å². The van der Waals surface area contributed by atoms with Crippen molar-refractivity contribution in [1.82, 2.24) is 15.3 Å². The van der Waals surface area contributed by atoms with Crippen molar-refractivity contribution in [3.8, 4) is 0 Å². The van der Waals surface area contributed by atoms with Crippen molar-refractivity contribution in [2.24, 2.45) is 0 Å². The fourth-order valence-electron chi connectivity index (χ4n) is 1.47. The molecule has 0 amide bonds. The number of nitrogens with zero attached hydrogens (tertiary/aromatic N) is 1. The summed E-state index contributed by atoms with van der Waals surface area (Å²) < 4.78 is 0. The van der Waals surface area contributed by atoms with Crippen molar-refractivity contribution in [2.75, 3.05) is 6.54 Å². The molecule has 4 heteroatoms. The van der Waals surface area contributed by atoms with Gasteiger partial charge in [-0.05, 0) is 12.1 Å². The van der Waals surface area contributed by atoms with Crippen molar-refractivity contribution in [2.45, 2.75) is 19.4 Å². The largest absolute Gasteiger partial charge is 0.364 e. The first-order valence-electron chi connectivity index (χ1n) is 5.08. The molecule has 0 saturated heterocycles. The van der Waals surface area contributed by atoms with Crippen LogP contribution in [0, 0.1) is 0 Å². The summed E-state index contributed by atoms with van der Waals surface area (Å²) in [5.74, 6) is 0.486. The number of rotatable bonds is 5. The Labute approximate surface area is 93.6 Å². The standard InChI is InChI=1S/C11H15N3S/c1-9(11-14-5-6-15-11)7-12-8-10-3-2-4-13-10/h2-6,9,12-13H,7-8H2,1H3. The summed E-state index contributed by atoms with van der Waals surface area (Å²) in [5, 5.41) is 6.64. The minimum Gasteiger partial charge on any atom is -0.364 e. The molecule has 2 rings (SSSR count). The summed E-state index contributed by atoms with van der Waals surface area (Å²) in [6.45, 7) is 4.05. The molecule has 0 spiro atoms. The highest BCUT2D eigenvalue weighted by molar-refractivity contribution is 7.09. The van der Waals surface area contributed by atoms with E-state index in [-0.39, 0.29) is 0 Å². The van der Waals surface area contributed by atoms with E-state index in [1.165, 1.54) is 10.7 Å². The van der Waals surface area contributed by atoms with Crippen LogP contribution in [0.15, 0.2) is 29.9 Å². The summed E-state index contributed by atoms with van der Waals surface area (Å²) in [4.78, 5) is 7.47. The summed E-state index contributed by atoms with van der Waals surface area (Å²) >= 11 is 1.72. The lowest BCUT2D eigenvalue weighted by Gasteiger charge is -2.08. The molecule has 0 radical (unpaired) electrons. The molecular weight excluding hydrogens is 206 g/mol. The Balaban J connectivity index is 1.74. The second kappa shape index (κ2) is 5.09. The van der Waals surface area contributed by atoms with E-state index in [0.29, 0.717) is 5.92 Å². The highest BCUT2D eigenvalue weighted by Crippen LogP contribution is 2.16. The highest BCUT2D eigenvalue weighted by Gasteiger charge is 2.06. The van der Waals surface area contributed by atoms with Gasteiger partial charge in [0.1, 0.15) is 0 Å². The number of thiazole rings is 1. The van der Waals surface area contributed by atoms with Crippen LogP contribution in [-0.4, -0.2) is 16.5 Å². The van der Waals surface area contributed by atoms with Crippen molar-refractivity contribution >= 4 is 11.3 Å². The third-order valence-electron chi connectivity index (χ3n) is 2.30. The highest BCUT2D eigenvalue weighted by atomic mass is 32.1. The quantitative estimate of drug-likeness (QED) is 0.813. The molecule has 3 nitrogen and oxygen atoms in total. The fourth-order valence-corrected chi connectivity index (χ4v) is 2.16. The van der Waals surface area contributed by atoms with Crippen LogP contribution in [0.3, 0.4) is 0 Å². The zero-order valence-electron chi connectivity index (χ0n) is 8.73. The predicted octanol–water partition coefficient (Wildman–Crippen LogP) is 2.36. The van der Waals surface area contributed by atoms with Crippen molar-refractivity contribution < 1.29 is 0 Å². The molecule has 0 aliphatic rings. The molecule has 0 bridgehead atoms. The van der Waals surface area contributed by atoms with Crippen LogP contribution in [0.1, 0.15) is 23.5 Å². The van der Waals surface area contributed by atoms with Crippen LogP contribution in [0.25, 0.3) is 0 Å². The monoisotopic (exact) mass is 221 g/mol. The predicted molar refractivity (Wildman–Crippen MR) is 63.0 cm³/mol. The number of H-pyrrole nitrogens is 1. The van der Waals surface area contributed by atoms with Gasteiger partial charge in [0.15, 0.2) is 0 Å². The number of aromatic nitrogens is 2. The second-order valence-electron chi connectivity index (χ2n) is 3.60. The molecule has 0 aliphatic heterocycles. The molecule has 0 saturated carbocycles. The van der Waals surface area contributed by atoms with E-state index in [0.717, 1.165) is 13.1 Å². The van der Waals surface area contributed by atoms with Crippen LogP contribution in [-0.2, 0) is 6.54 Å². The third-order valence-corrected chi connectivity index (χ3v) is 3.31. The van der Waals surface area contributed by atoms with Crippen LogP contribution in [0.4, 0.5) is 0 Å². The molecular formula is C11H15N3S. The summed E-state index contributed by atoms with van der Waals surface area (Å²) in [6.07, 6.45) is 3.81. The van der Waals surface area contributed by atoms with Crippen molar-refractivity contribution in [3.63, 3.8) is 0 Å². The minimum atomic E-state index is 0.486. The van der Waals surface area contributed by atoms with Crippen molar-refractivity contribution in [1.29, 1.82) is 0 Å². The third kappa shape index (κ3) is 2.91. The van der Waals surface area contributed by atoms with Crippen molar-refractivity contribution in [3.05, 3.63) is 40.6 Å². The summed E-state index contributed by atoms with van der Waals surface area (Å²) in [6, 6.07) is 4.10. The maximum atomic E-state index is 4.30. The van der Waals surface area contributed by atoms with Gasteiger partial charge in [-0.15, -0.1) is 11.3 Å². The van der Waals surface area contributed by atoms with Gasteiger partial charge in [-0.2, -0.15) is 0 Å². The van der Waals surface area contributed by atoms with Gasteiger partial charge in [-0.3, -0.25) is 0 Å². The Bertz CT molecular complexity index is 366. The Morgan fingerprint density at radius 2 is 2.53 bits per heavy atom. The van der Waals surface area contributed by atoms with Gasteiger partial charge in [-0.1, -0.05) is 6.92 Å². The first-order valence-corrected chi connectivity index (χ1v) is 5.96. The van der Waals surface area contributed by atoms with Gasteiger partial charge in [0.2, 0.25) is 0 Å². The lowest BCUT2D eigenvalue weighted by molar-refractivity contribution is 0.607. The topological polar surface area (TPSA) is 40.7 Å². The number of hydrogen-bond acceptors (Lipinski definition) is 3. The zero-order valence-corrected chi connectivity index (χ0v) is 9.55.